The fourth-order valence-electron chi connectivity index (χ4n) is 1.81. The van der Waals surface area contributed by atoms with Crippen LogP contribution in [0.3, 0.4) is 0 Å². The number of benzene rings is 1. The van der Waals surface area contributed by atoms with Crippen LogP contribution < -0.4 is 10.2 Å². The fraction of sp³-hybridized carbons (Fsp3) is 0.357. The molecule has 0 aliphatic carbocycles. The zero-order valence-electron chi connectivity index (χ0n) is 10.4. The number of nitrogens with one attached hydrogen (secondary N) is 1. The standard InChI is InChI=1S/C14H17NO2/c1-4-17-10-5-6-12-11(7-10)14(16)8-13(15-12)9(2)3/h5-9H,4H2,1-3H3,(H,15,16). The lowest BCUT2D eigenvalue weighted by molar-refractivity contribution is 0.340. The van der Waals surface area contributed by atoms with Gasteiger partial charge in [-0.05, 0) is 31.0 Å². The van der Waals surface area contributed by atoms with Gasteiger partial charge < -0.3 is 9.72 Å². The van der Waals surface area contributed by atoms with Crippen LogP contribution in [0.1, 0.15) is 32.4 Å². The van der Waals surface area contributed by atoms with Crippen molar-refractivity contribution in [1.29, 1.82) is 0 Å². The van der Waals surface area contributed by atoms with Gasteiger partial charge in [0.15, 0.2) is 5.43 Å². The van der Waals surface area contributed by atoms with Crippen molar-refractivity contribution in [3.63, 3.8) is 0 Å². The van der Waals surface area contributed by atoms with Gasteiger partial charge in [-0.2, -0.15) is 0 Å². The van der Waals surface area contributed by atoms with Gasteiger partial charge in [-0.1, -0.05) is 13.8 Å². The SMILES string of the molecule is CCOc1ccc2[nH]c(C(C)C)cc(=O)c2c1. The van der Waals surface area contributed by atoms with Crippen molar-refractivity contribution < 1.29 is 4.74 Å². The van der Waals surface area contributed by atoms with Crippen LogP contribution in [0.25, 0.3) is 10.9 Å². The number of aromatic nitrogens is 1. The van der Waals surface area contributed by atoms with Gasteiger partial charge in [0.1, 0.15) is 5.75 Å². The minimum Gasteiger partial charge on any atom is -0.494 e. The average Bonchev–Trinajstić information content (AvgIpc) is 2.30. The first-order valence-electron chi connectivity index (χ1n) is 5.91. The van der Waals surface area contributed by atoms with Crippen LogP contribution >= 0.6 is 0 Å². The summed E-state index contributed by atoms with van der Waals surface area (Å²) in [6, 6.07) is 7.24. The Kier molecular flexibility index (Phi) is 3.18. The predicted octanol–water partition coefficient (Wildman–Crippen LogP) is 3.05. The molecule has 0 aliphatic heterocycles. The van der Waals surface area contributed by atoms with Crippen LogP contribution in [0, 0.1) is 0 Å². The molecule has 1 aromatic heterocycles. The molecule has 1 N–H and O–H groups in total. The molecule has 2 rings (SSSR count). The van der Waals surface area contributed by atoms with E-state index >= 15 is 0 Å². The van der Waals surface area contributed by atoms with Crippen LogP contribution in [0.4, 0.5) is 0 Å². The number of hydrogen-bond donors (Lipinski definition) is 1. The van der Waals surface area contributed by atoms with E-state index < -0.39 is 0 Å². The van der Waals surface area contributed by atoms with E-state index in [1.54, 1.807) is 12.1 Å². The first-order chi connectivity index (χ1) is 8.11. The van der Waals surface area contributed by atoms with E-state index in [0.717, 1.165) is 17.0 Å². The average molecular weight is 231 g/mol. The van der Waals surface area contributed by atoms with E-state index in [1.807, 2.05) is 19.1 Å². The minimum absolute atomic E-state index is 0.0454. The van der Waals surface area contributed by atoms with Crippen molar-refractivity contribution in [3.8, 4) is 5.75 Å². The van der Waals surface area contributed by atoms with Gasteiger partial charge in [-0.15, -0.1) is 0 Å². The third-order valence-corrected chi connectivity index (χ3v) is 2.76. The molecule has 3 nitrogen and oxygen atoms in total. The second-order valence-electron chi connectivity index (χ2n) is 4.38. The highest BCUT2D eigenvalue weighted by atomic mass is 16.5. The number of pyridine rings is 1. The summed E-state index contributed by atoms with van der Waals surface area (Å²) in [4.78, 5) is 15.3. The monoisotopic (exact) mass is 231 g/mol. The highest BCUT2D eigenvalue weighted by Crippen LogP contribution is 2.19. The molecule has 3 heteroatoms. The molecule has 0 atom stereocenters. The molecule has 17 heavy (non-hydrogen) atoms. The summed E-state index contributed by atoms with van der Waals surface area (Å²) >= 11 is 0. The Balaban J connectivity index is 2.60. The van der Waals surface area contributed by atoms with Gasteiger partial charge in [-0.3, -0.25) is 4.79 Å². The highest BCUT2D eigenvalue weighted by Gasteiger charge is 2.06. The Hall–Kier alpha value is -1.77. The molecular formula is C14H17NO2. The summed E-state index contributed by atoms with van der Waals surface area (Å²) in [6.45, 7) is 6.65. The van der Waals surface area contributed by atoms with Gasteiger partial charge >= 0.3 is 0 Å². The summed E-state index contributed by atoms with van der Waals surface area (Å²) in [7, 11) is 0. The second-order valence-corrected chi connectivity index (χ2v) is 4.38. The molecule has 90 valence electrons. The summed E-state index contributed by atoms with van der Waals surface area (Å²) in [5.41, 5.74) is 1.88. The Morgan fingerprint density at radius 2 is 2.06 bits per heavy atom. The maximum atomic E-state index is 12.0. The molecule has 0 fully saturated rings. The first kappa shape index (κ1) is 11.7. The van der Waals surface area contributed by atoms with Gasteiger partial charge in [0.25, 0.3) is 0 Å². The third-order valence-electron chi connectivity index (χ3n) is 2.76. The quantitative estimate of drug-likeness (QED) is 0.882. The maximum Gasteiger partial charge on any atom is 0.189 e. The summed E-state index contributed by atoms with van der Waals surface area (Å²) < 4.78 is 5.39. The van der Waals surface area contributed by atoms with Crippen molar-refractivity contribution in [3.05, 3.63) is 40.2 Å². The minimum atomic E-state index is 0.0454. The second kappa shape index (κ2) is 4.62. The molecule has 0 saturated heterocycles. The summed E-state index contributed by atoms with van der Waals surface area (Å²) in [5, 5.41) is 0.681. The molecular weight excluding hydrogens is 214 g/mol. The van der Waals surface area contributed by atoms with E-state index in [1.165, 1.54) is 0 Å². The molecule has 1 heterocycles. The predicted molar refractivity (Wildman–Crippen MR) is 69.8 cm³/mol. The van der Waals surface area contributed by atoms with Gasteiger partial charge in [0.2, 0.25) is 0 Å². The lowest BCUT2D eigenvalue weighted by Crippen LogP contribution is -2.06. The van der Waals surface area contributed by atoms with E-state index in [-0.39, 0.29) is 5.43 Å². The van der Waals surface area contributed by atoms with Crippen LogP contribution in [0.2, 0.25) is 0 Å². The Morgan fingerprint density at radius 3 is 2.71 bits per heavy atom. The first-order valence-corrected chi connectivity index (χ1v) is 5.91. The molecule has 0 bridgehead atoms. The zero-order chi connectivity index (χ0) is 12.4. The zero-order valence-corrected chi connectivity index (χ0v) is 10.4. The number of ether oxygens (including phenoxy) is 1. The van der Waals surface area contributed by atoms with Crippen molar-refractivity contribution in [2.24, 2.45) is 0 Å². The molecule has 0 saturated carbocycles. The van der Waals surface area contributed by atoms with Crippen LogP contribution in [-0.2, 0) is 0 Å². The smallest absolute Gasteiger partial charge is 0.189 e. The number of hydrogen-bond acceptors (Lipinski definition) is 2. The molecule has 1 aromatic carbocycles. The lowest BCUT2D eigenvalue weighted by atomic mass is 10.1. The van der Waals surface area contributed by atoms with E-state index in [9.17, 15) is 4.79 Å². The number of fused-ring (bicyclic) bond motifs is 1. The van der Waals surface area contributed by atoms with Crippen LogP contribution in [0.5, 0.6) is 5.75 Å². The molecule has 0 amide bonds. The normalized spacial score (nSPS) is 11.1. The molecule has 0 radical (unpaired) electrons. The molecule has 0 aliphatic rings. The fourth-order valence-corrected chi connectivity index (χ4v) is 1.81. The molecule has 0 unspecified atom stereocenters. The summed E-state index contributed by atoms with van der Waals surface area (Å²) in [5.74, 6) is 1.06. The van der Waals surface area contributed by atoms with Crippen molar-refractivity contribution in [1.82, 2.24) is 4.98 Å². The van der Waals surface area contributed by atoms with Gasteiger partial charge in [0, 0.05) is 22.7 Å². The molecule has 2 aromatic rings. The Labute approximate surface area is 100 Å². The summed E-state index contributed by atoms with van der Waals surface area (Å²) in [6.07, 6.45) is 0. The highest BCUT2D eigenvalue weighted by molar-refractivity contribution is 5.80. The third kappa shape index (κ3) is 2.33. The lowest BCUT2D eigenvalue weighted by Gasteiger charge is -2.08. The van der Waals surface area contributed by atoms with E-state index in [2.05, 4.69) is 18.8 Å². The van der Waals surface area contributed by atoms with Crippen molar-refractivity contribution >= 4 is 10.9 Å². The van der Waals surface area contributed by atoms with Crippen LogP contribution in [-0.4, -0.2) is 11.6 Å². The number of rotatable bonds is 3. The van der Waals surface area contributed by atoms with E-state index in [4.69, 9.17) is 4.74 Å². The number of H-pyrrole nitrogens is 1. The van der Waals surface area contributed by atoms with Crippen molar-refractivity contribution in [2.45, 2.75) is 26.7 Å². The topological polar surface area (TPSA) is 42.1 Å². The Morgan fingerprint density at radius 1 is 1.29 bits per heavy atom. The van der Waals surface area contributed by atoms with Gasteiger partial charge in [0.05, 0.1) is 6.61 Å². The molecule has 0 spiro atoms. The van der Waals surface area contributed by atoms with Gasteiger partial charge in [-0.25, -0.2) is 0 Å². The largest absolute Gasteiger partial charge is 0.494 e. The maximum absolute atomic E-state index is 12.0. The van der Waals surface area contributed by atoms with E-state index in [0.29, 0.717) is 17.9 Å². The number of aromatic amines is 1. The Bertz CT molecular complexity index is 584. The van der Waals surface area contributed by atoms with Crippen LogP contribution in [0.15, 0.2) is 29.1 Å². The van der Waals surface area contributed by atoms with Crippen molar-refractivity contribution in [2.75, 3.05) is 6.61 Å².